The van der Waals surface area contributed by atoms with Gasteiger partial charge in [0.15, 0.2) is 0 Å². The Hall–Kier alpha value is -3.27. The zero-order valence-corrected chi connectivity index (χ0v) is 18.3. The van der Waals surface area contributed by atoms with Crippen LogP contribution in [0.4, 0.5) is 18.9 Å². The molecule has 0 bridgehead atoms. The van der Waals surface area contributed by atoms with Gasteiger partial charge in [0.2, 0.25) is 11.6 Å². The second-order valence-electron chi connectivity index (χ2n) is 8.54. The predicted octanol–water partition coefficient (Wildman–Crippen LogP) is 4.28. The van der Waals surface area contributed by atoms with Crippen LogP contribution < -0.4 is 4.90 Å². The van der Waals surface area contributed by atoms with Gasteiger partial charge in [-0.15, -0.1) is 10.2 Å². The number of anilines is 1. The number of hydrogen-bond donors (Lipinski definition) is 0. The van der Waals surface area contributed by atoms with Crippen molar-refractivity contribution >= 4 is 11.6 Å². The second kappa shape index (κ2) is 9.30. The standard InChI is InChI=1S/C23H24F3N5O2/c1-15(2)11-30-13-23(26,14-30)22(32)31(18-6-4-3-5-7-18)12-17-9-8-16(10-27-17)20-28-29-21(33-20)19(24)25/h3-10,15,19H,11-14H2,1-2H3. The third-order valence-corrected chi connectivity index (χ3v) is 5.29. The molecule has 1 aliphatic heterocycles. The monoisotopic (exact) mass is 459 g/mol. The Balaban J connectivity index is 1.52. The minimum Gasteiger partial charge on any atom is -0.415 e. The molecule has 1 aliphatic rings. The van der Waals surface area contributed by atoms with E-state index in [1.807, 2.05) is 24.8 Å². The predicted molar refractivity (Wildman–Crippen MR) is 115 cm³/mol. The highest BCUT2D eigenvalue weighted by Gasteiger charge is 2.52. The largest absolute Gasteiger partial charge is 0.415 e. The van der Waals surface area contributed by atoms with Crippen LogP contribution >= 0.6 is 0 Å². The highest BCUT2D eigenvalue weighted by Crippen LogP contribution is 2.31. The number of para-hydroxylation sites is 1. The minimum absolute atomic E-state index is 0.0467. The van der Waals surface area contributed by atoms with E-state index >= 15 is 4.39 Å². The van der Waals surface area contributed by atoms with Crippen molar-refractivity contribution < 1.29 is 22.4 Å². The first-order valence-electron chi connectivity index (χ1n) is 10.6. The number of carbonyl (C=O) groups is 1. The summed E-state index contributed by atoms with van der Waals surface area (Å²) in [5.74, 6) is -1.08. The van der Waals surface area contributed by atoms with Gasteiger partial charge in [-0.05, 0) is 30.2 Å². The molecule has 1 fully saturated rings. The van der Waals surface area contributed by atoms with Crippen LogP contribution in [0.25, 0.3) is 11.5 Å². The molecule has 3 heterocycles. The van der Waals surface area contributed by atoms with Gasteiger partial charge in [0.25, 0.3) is 11.8 Å². The van der Waals surface area contributed by atoms with Crippen molar-refractivity contribution in [2.75, 3.05) is 24.5 Å². The Bertz CT molecular complexity index is 1080. The van der Waals surface area contributed by atoms with Gasteiger partial charge in [0.05, 0.1) is 17.8 Å². The molecule has 33 heavy (non-hydrogen) atoms. The van der Waals surface area contributed by atoms with Crippen molar-refractivity contribution in [1.29, 1.82) is 0 Å². The number of rotatable bonds is 8. The molecule has 4 rings (SSSR count). The summed E-state index contributed by atoms with van der Waals surface area (Å²) in [6.45, 7) is 5.00. The molecule has 0 saturated carbocycles. The number of alkyl halides is 3. The number of hydrogen-bond acceptors (Lipinski definition) is 6. The molecule has 0 aliphatic carbocycles. The van der Waals surface area contributed by atoms with Gasteiger partial charge in [0.1, 0.15) is 0 Å². The molecule has 0 radical (unpaired) electrons. The zero-order chi connectivity index (χ0) is 23.6. The molecule has 0 atom stereocenters. The lowest BCUT2D eigenvalue weighted by molar-refractivity contribution is -0.142. The van der Waals surface area contributed by atoms with Crippen molar-refractivity contribution in [2.45, 2.75) is 32.5 Å². The van der Waals surface area contributed by atoms with Crippen LogP contribution in [-0.4, -0.2) is 51.3 Å². The molecular formula is C23H24F3N5O2. The van der Waals surface area contributed by atoms with Crippen molar-refractivity contribution in [1.82, 2.24) is 20.1 Å². The lowest BCUT2D eigenvalue weighted by Crippen LogP contribution is -2.67. The highest BCUT2D eigenvalue weighted by atomic mass is 19.3. The maximum absolute atomic E-state index is 15.4. The van der Waals surface area contributed by atoms with Crippen LogP contribution in [0.15, 0.2) is 53.1 Å². The number of likely N-dealkylation sites (tertiary alicyclic amines) is 1. The van der Waals surface area contributed by atoms with Gasteiger partial charge in [0, 0.05) is 31.5 Å². The summed E-state index contributed by atoms with van der Waals surface area (Å²) >= 11 is 0. The average molecular weight is 459 g/mol. The van der Waals surface area contributed by atoms with E-state index in [1.54, 1.807) is 36.4 Å². The molecule has 0 unspecified atom stereocenters. The second-order valence-corrected chi connectivity index (χ2v) is 8.54. The third kappa shape index (κ3) is 5.05. The first-order valence-corrected chi connectivity index (χ1v) is 10.6. The van der Waals surface area contributed by atoms with Crippen LogP contribution in [-0.2, 0) is 11.3 Å². The van der Waals surface area contributed by atoms with Crippen LogP contribution in [0, 0.1) is 5.92 Å². The number of carbonyl (C=O) groups excluding carboxylic acids is 1. The van der Waals surface area contributed by atoms with Crippen LogP contribution in [0.3, 0.4) is 0 Å². The maximum Gasteiger partial charge on any atom is 0.314 e. The summed E-state index contributed by atoms with van der Waals surface area (Å²) < 4.78 is 45.7. The van der Waals surface area contributed by atoms with Gasteiger partial charge in [-0.1, -0.05) is 32.0 Å². The van der Waals surface area contributed by atoms with E-state index in [0.717, 1.165) is 6.54 Å². The van der Waals surface area contributed by atoms with Crippen LogP contribution in [0.5, 0.6) is 0 Å². The van der Waals surface area contributed by atoms with Gasteiger partial charge in [-0.3, -0.25) is 14.7 Å². The Kier molecular flexibility index (Phi) is 6.46. The van der Waals surface area contributed by atoms with Crippen molar-refractivity contribution in [2.24, 2.45) is 5.92 Å². The Morgan fingerprint density at radius 1 is 1.15 bits per heavy atom. The Labute approximate surface area is 189 Å². The van der Waals surface area contributed by atoms with Crippen LogP contribution in [0.2, 0.25) is 0 Å². The summed E-state index contributed by atoms with van der Waals surface area (Å²) in [6.07, 6.45) is -1.47. The fourth-order valence-corrected chi connectivity index (χ4v) is 3.82. The molecule has 1 aromatic carbocycles. The SMILES string of the molecule is CC(C)CN1CC(F)(C(=O)N(Cc2ccc(-c3nnc(C(F)F)o3)cn2)c2ccccc2)C1. The summed E-state index contributed by atoms with van der Waals surface area (Å²) in [4.78, 5) is 20.8. The molecule has 10 heteroatoms. The number of halogens is 3. The number of pyridine rings is 1. The van der Waals surface area contributed by atoms with E-state index in [0.29, 0.717) is 22.9 Å². The molecule has 0 spiro atoms. The topological polar surface area (TPSA) is 75.4 Å². The van der Waals surface area contributed by atoms with Gasteiger partial charge in [-0.25, -0.2) is 4.39 Å². The summed E-state index contributed by atoms with van der Waals surface area (Å²) in [7, 11) is 0. The van der Waals surface area contributed by atoms with Gasteiger partial charge >= 0.3 is 6.43 Å². The minimum atomic E-state index is -2.86. The first kappa shape index (κ1) is 22.9. The summed E-state index contributed by atoms with van der Waals surface area (Å²) in [5, 5.41) is 6.90. The first-order chi connectivity index (χ1) is 15.7. The molecule has 0 N–H and O–H groups in total. The smallest absolute Gasteiger partial charge is 0.314 e. The van der Waals surface area contributed by atoms with E-state index in [4.69, 9.17) is 4.42 Å². The van der Waals surface area contributed by atoms with E-state index < -0.39 is 23.9 Å². The number of benzene rings is 1. The molecule has 174 valence electrons. The van der Waals surface area contributed by atoms with Crippen LogP contribution in [0.1, 0.15) is 31.9 Å². The zero-order valence-electron chi connectivity index (χ0n) is 18.3. The molecule has 1 amide bonds. The Morgan fingerprint density at radius 2 is 1.88 bits per heavy atom. The van der Waals surface area contributed by atoms with Crippen molar-refractivity contribution in [3.8, 4) is 11.5 Å². The molecule has 3 aromatic rings. The van der Waals surface area contributed by atoms with Crippen molar-refractivity contribution in [3.63, 3.8) is 0 Å². The fraction of sp³-hybridized carbons (Fsp3) is 0.391. The molecule has 7 nitrogen and oxygen atoms in total. The number of amides is 1. The molecular weight excluding hydrogens is 435 g/mol. The van der Waals surface area contributed by atoms with Gasteiger partial charge in [-0.2, -0.15) is 8.78 Å². The normalized spacial score (nSPS) is 15.6. The third-order valence-electron chi connectivity index (χ3n) is 5.29. The van der Waals surface area contributed by atoms with E-state index in [-0.39, 0.29) is 25.5 Å². The lowest BCUT2D eigenvalue weighted by Gasteiger charge is -2.45. The quantitative estimate of drug-likeness (QED) is 0.501. The Morgan fingerprint density at radius 3 is 2.45 bits per heavy atom. The van der Waals surface area contributed by atoms with E-state index in [9.17, 15) is 13.6 Å². The highest BCUT2D eigenvalue weighted by molar-refractivity contribution is 6.00. The maximum atomic E-state index is 15.4. The number of nitrogens with zero attached hydrogens (tertiary/aromatic N) is 5. The summed E-state index contributed by atoms with van der Waals surface area (Å²) in [6, 6.07) is 12.0. The number of aromatic nitrogens is 3. The van der Waals surface area contributed by atoms with Gasteiger partial charge < -0.3 is 9.32 Å². The average Bonchev–Trinajstić information content (AvgIpc) is 3.27. The summed E-state index contributed by atoms with van der Waals surface area (Å²) in [5.41, 5.74) is -0.543. The molecule has 2 aromatic heterocycles. The van der Waals surface area contributed by atoms with E-state index in [2.05, 4.69) is 15.2 Å². The fourth-order valence-electron chi connectivity index (χ4n) is 3.82. The van der Waals surface area contributed by atoms with E-state index in [1.165, 1.54) is 11.1 Å². The lowest BCUT2D eigenvalue weighted by atomic mass is 9.93. The van der Waals surface area contributed by atoms with Crippen molar-refractivity contribution in [3.05, 3.63) is 60.2 Å². The molecule has 1 saturated heterocycles.